The van der Waals surface area contributed by atoms with E-state index < -0.39 is 0 Å². The number of hydrogen-bond donors (Lipinski definition) is 0. The van der Waals surface area contributed by atoms with Gasteiger partial charge in [0.05, 0.1) is 0 Å². The lowest BCUT2D eigenvalue weighted by Gasteiger charge is -2.06. The molecule has 132 valence electrons. The van der Waals surface area contributed by atoms with Gasteiger partial charge in [0.2, 0.25) is 11.0 Å². The van der Waals surface area contributed by atoms with Crippen LogP contribution in [0.3, 0.4) is 0 Å². The summed E-state index contributed by atoms with van der Waals surface area (Å²) >= 11 is 0. The Morgan fingerprint density at radius 2 is 0.700 bits per heavy atom. The Morgan fingerprint density at radius 3 is 0.900 bits per heavy atom. The van der Waals surface area contributed by atoms with E-state index in [2.05, 4.69) is 39.6 Å². The predicted octanol–water partition coefficient (Wildman–Crippen LogP) is 2.10. The van der Waals surface area contributed by atoms with Crippen LogP contribution < -0.4 is 0 Å². The monoisotopic (exact) mass is 384 g/mol. The predicted molar refractivity (Wildman–Crippen MR) is 97.1 cm³/mol. The zero-order valence-corrected chi connectivity index (χ0v) is 14.4. The van der Waals surface area contributed by atoms with E-state index in [4.69, 9.17) is 13.1 Å². The standard InChI is InChI=1S/C18N12/c1-23-17-18(24-2)30-16-14-12(26-8(4-20)10(6-22)28-14)11-13(15(16)29-17)27-9(5-21)7(3-19)25-11. The maximum absolute atomic E-state index is 9.29. The van der Waals surface area contributed by atoms with E-state index in [1.807, 2.05) is 0 Å². The summed E-state index contributed by atoms with van der Waals surface area (Å²) in [7, 11) is 0. The molecule has 3 heterocycles. The lowest BCUT2D eigenvalue weighted by atomic mass is 10.1. The van der Waals surface area contributed by atoms with Crippen LogP contribution in [-0.4, -0.2) is 29.9 Å². The van der Waals surface area contributed by atoms with Crippen LogP contribution in [0.5, 0.6) is 0 Å². The van der Waals surface area contributed by atoms with Crippen molar-refractivity contribution in [1.29, 1.82) is 21.0 Å². The summed E-state index contributed by atoms with van der Waals surface area (Å²) in [6.45, 7) is 14.5. The molecule has 0 spiro atoms. The maximum Gasteiger partial charge on any atom is 0.294 e. The second-order valence-corrected chi connectivity index (χ2v) is 5.47. The molecule has 0 saturated heterocycles. The minimum Gasteiger partial charge on any atom is -0.370 e. The molecule has 3 aromatic heterocycles. The molecule has 12 nitrogen and oxygen atoms in total. The molecule has 0 radical (unpaired) electrons. The Bertz CT molecular complexity index is 1350. The Kier molecular flexibility index (Phi) is 3.76. The van der Waals surface area contributed by atoms with E-state index in [0.717, 1.165) is 0 Å². The highest BCUT2D eigenvalue weighted by atomic mass is 15.0. The third-order valence-corrected chi connectivity index (χ3v) is 3.96. The summed E-state index contributed by atoms with van der Waals surface area (Å²) in [6, 6.07) is 7.03. The van der Waals surface area contributed by atoms with Gasteiger partial charge in [-0.2, -0.15) is 21.0 Å². The molecule has 0 aliphatic heterocycles. The quantitative estimate of drug-likeness (QED) is 0.321. The molecule has 12 heteroatoms. The lowest BCUT2D eigenvalue weighted by Crippen LogP contribution is -2.03. The Balaban J connectivity index is 2.42. The average Bonchev–Trinajstić information content (AvgIpc) is 2.81. The number of rotatable bonds is 0. The van der Waals surface area contributed by atoms with E-state index >= 15 is 0 Å². The minimum absolute atomic E-state index is 0.00714. The van der Waals surface area contributed by atoms with Gasteiger partial charge in [0, 0.05) is 0 Å². The fraction of sp³-hybridized carbons (Fsp3) is 0. The molecule has 0 bridgehead atoms. The van der Waals surface area contributed by atoms with Crippen molar-refractivity contribution in [2.24, 2.45) is 0 Å². The molecule has 30 heavy (non-hydrogen) atoms. The van der Waals surface area contributed by atoms with E-state index in [9.17, 15) is 21.0 Å². The molecular formula is C18N12. The molecule has 0 N–H and O–H groups in total. The Labute approximate surface area is 166 Å². The first kappa shape index (κ1) is 17.6. The first-order chi connectivity index (χ1) is 14.6. The van der Waals surface area contributed by atoms with Gasteiger partial charge in [-0.25, -0.2) is 19.9 Å². The van der Waals surface area contributed by atoms with Crippen LogP contribution in [-0.2, 0) is 0 Å². The third-order valence-electron chi connectivity index (χ3n) is 3.96. The molecule has 0 amide bonds. The average molecular weight is 384 g/mol. The number of hydrogen-bond acceptors (Lipinski definition) is 10. The molecular weight excluding hydrogens is 384 g/mol. The van der Waals surface area contributed by atoms with Gasteiger partial charge in [0.25, 0.3) is 11.6 Å². The van der Waals surface area contributed by atoms with E-state index in [-0.39, 0.29) is 67.5 Å². The second kappa shape index (κ2) is 6.41. The van der Waals surface area contributed by atoms with Crippen LogP contribution in [0.25, 0.3) is 42.8 Å². The number of nitriles is 4. The molecule has 0 aliphatic carbocycles. The fourth-order valence-corrected chi connectivity index (χ4v) is 2.74. The molecule has 0 aliphatic rings. The van der Waals surface area contributed by atoms with Gasteiger partial charge in [-0.15, -0.1) is 9.97 Å². The van der Waals surface area contributed by atoms with Crippen LogP contribution in [0.4, 0.5) is 11.6 Å². The number of fused-ring (bicyclic) bond motifs is 6. The summed E-state index contributed by atoms with van der Waals surface area (Å²) in [6.07, 6.45) is 0. The van der Waals surface area contributed by atoms with Crippen LogP contribution in [0, 0.1) is 58.5 Å². The van der Waals surface area contributed by atoms with Gasteiger partial charge in [0.15, 0.2) is 22.8 Å². The van der Waals surface area contributed by atoms with E-state index in [1.54, 1.807) is 24.3 Å². The molecule has 4 rings (SSSR count). The van der Waals surface area contributed by atoms with Gasteiger partial charge in [0.1, 0.15) is 46.3 Å². The Hall–Kier alpha value is -5.82. The first-order valence-electron chi connectivity index (χ1n) is 7.72. The van der Waals surface area contributed by atoms with Crippen molar-refractivity contribution in [2.45, 2.75) is 0 Å². The molecule has 0 fully saturated rings. The van der Waals surface area contributed by atoms with Gasteiger partial charge in [-0.05, 0) is 0 Å². The molecule has 0 unspecified atom stereocenters. The number of nitrogens with zero attached hydrogens (tertiary/aromatic N) is 12. The van der Waals surface area contributed by atoms with Gasteiger partial charge >= 0.3 is 0 Å². The van der Waals surface area contributed by atoms with Crippen LogP contribution >= 0.6 is 0 Å². The second-order valence-electron chi connectivity index (χ2n) is 5.47. The highest BCUT2D eigenvalue weighted by Gasteiger charge is 2.26. The van der Waals surface area contributed by atoms with Crippen LogP contribution in [0.2, 0.25) is 0 Å². The topological polar surface area (TPSA) is 181 Å². The van der Waals surface area contributed by atoms with Crippen molar-refractivity contribution in [3.05, 3.63) is 45.6 Å². The summed E-state index contributed by atoms with van der Waals surface area (Å²) in [5.74, 6) is -0.602. The Morgan fingerprint density at radius 1 is 0.467 bits per heavy atom. The molecule has 0 atom stereocenters. The zero-order valence-electron chi connectivity index (χ0n) is 14.4. The summed E-state index contributed by atoms with van der Waals surface area (Å²) in [5, 5.41) is 37.2. The van der Waals surface area contributed by atoms with Crippen molar-refractivity contribution < 1.29 is 0 Å². The molecule has 0 saturated carbocycles. The van der Waals surface area contributed by atoms with Crippen molar-refractivity contribution in [3.8, 4) is 24.3 Å². The summed E-state index contributed by atoms with van der Waals surface area (Å²) in [4.78, 5) is 31.1. The fourth-order valence-electron chi connectivity index (χ4n) is 2.74. The maximum atomic E-state index is 9.29. The zero-order chi connectivity index (χ0) is 21.4. The van der Waals surface area contributed by atoms with Crippen molar-refractivity contribution in [1.82, 2.24) is 29.9 Å². The molecule has 4 aromatic rings. The normalized spacial score (nSPS) is 9.80. The molecule has 1 aromatic carbocycles. The van der Waals surface area contributed by atoms with E-state index in [1.165, 1.54) is 0 Å². The first-order valence-corrected chi connectivity index (χ1v) is 7.72. The minimum atomic E-state index is -0.301. The summed E-state index contributed by atoms with van der Waals surface area (Å²) in [5.41, 5.74) is -1.20. The van der Waals surface area contributed by atoms with Crippen LogP contribution in [0.15, 0.2) is 0 Å². The van der Waals surface area contributed by atoms with E-state index in [0.29, 0.717) is 0 Å². The number of benzene rings is 1. The highest BCUT2D eigenvalue weighted by molar-refractivity contribution is 6.18. The third kappa shape index (κ3) is 2.27. The highest BCUT2D eigenvalue weighted by Crippen LogP contribution is 2.34. The van der Waals surface area contributed by atoms with Gasteiger partial charge < -0.3 is 9.69 Å². The van der Waals surface area contributed by atoms with Crippen molar-refractivity contribution >= 4 is 44.7 Å². The van der Waals surface area contributed by atoms with Gasteiger partial charge in [-0.3, -0.25) is 0 Å². The lowest BCUT2D eigenvalue weighted by molar-refractivity contribution is 1.17. The SMILES string of the molecule is [C-]#[N+]c1nc2c3nc(C#N)c(C#N)nc3c3nc(C#N)c(C#N)nc3c2nc1[N+]#[C-]. The largest absolute Gasteiger partial charge is 0.370 e. The number of aromatic nitrogens is 6. The smallest absolute Gasteiger partial charge is 0.294 e. The summed E-state index contributed by atoms with van der Waals surface area (Å²) < 4.78 is 0. The van der Waals surface area contributed by atoms with Crippen molar-refractivity contribution in [3.63, 3.8) is 0 Å². The van der Waals surface area contributed by atoms with Gasteiger partial charge in [-0.1, -0.05) is 13.1 Å². The van der Waals surface area contributed by atoms with Crippen LogP contribution in [0.1, 0.15) is 22.8 Å². The van der Waals surface area contributed by atoms with Crippen molar-refractivity contribution in [2.75, 3.05) is 0 Å².